The lowest BCUT2D eigenvalue weighted by Crippen LogP contribution is -2.23. The molecule has 0 radical (unpaired) electrons. The van der Waals surface area contributed by atoms with E-state index in [2.05, 4.69) is 27.2 Å². The molecule has 1 atom stereocenters. The number of anilines is 2. The first-order valence-electron chi connectivity index (χ1n) is 5.79. The molecule has 3 N–H and O–H groups in total. The van der Waals surface area contributed by atoms with Gasteiger partial charge in [-0.1, -0.05) is 13.3 Å². The maximum absolute atomic E-state index is 5.33. The van der Waals surface area contributed by atoms with Crippen molar-refractivity contribution in [3.05, 3.63) is 11.8 Å². The molecule has 1 aliphatic heterocycles. The van der Waals surface area contributed by atoms with Gasteiger partial charge in [-0.25, -0.2) is 10.8 Å². The van der Waals surface area contributed by atoms with Crippen LogP contribution in [0.15, 0.2) is 6.20 Å². The molecule has 1 aromatic heterocycles. The zero-order chi connectivity index (χ0) is 11.5. The Balaban J connectivity index is 2.20. The number of nitrogens with two attached hydrogens (primary N) is 1. The van der Waals surface area contributed by atoms with Crippen molar-refractivity contribution in [2.75, 3.05) is 23.4 Å². The average molecular weight is 221 g/mol. The van der Waals surface area contributed by atoms with Crippen molar-refractivity contribution < 1.29 is 0 Å². The smallest absolute Gasteiger partial charge is 0.239 e. The van der Waals surface area contributed by atoms with Gasteiger partial charge in [0.15, 0.2) is 0 Å². The van der Waals surface area contributed by atoms with Gasteiger partial charge in [0.05, 0.1) is 0 Å². The zero-order valence-electron chi connectivity index (χ0n) is 9.90. The van der Waals surface area contributed by atoms with Crippen LogP contribution in [0, 0.1) is 12.8 Å². The van der Waals surface area contributed by atoms with E-state index in [0.717, 1.165) is 30.4 Å². The van der Waals surface area contributed by atoms with E-state index in [9.17, 15) is 0 Å². The molecule has 1 saturated heterocycles. The highest BCUT2D eigenvalue weighted by Gasteiger charge is 2.23. The molecule has 1 unspecified atom stereocenters. The first-order chi connectivity index (χ1) is 7.74. The number of rotatable bonds is 3. The number of aromatic nitrogens is 2. The van der Waals surface area contributed by atoms with Crippen LogP contribution >= 0.6 is 0 Å². The molecule has 0 spiro atoms. The van der Waals surface area contributed by atoms with Gasteiger partial charge in [-0.15, -0.1) is 0 Å². The number of nitrogens with one attached hydrogen (secondary N) is 1. The van der Waals surface area contributed by atoms with Crippen molar-refractivity contribution in [2.24, 2.45) is 11.8 Å². The van der Waals surface area contributed by atoms with Crippen LogP contribution in [0.5, 0.6) is 0 Å². The second kappa shape index (κ2) is 4.65. The summed E-state index contributed by atoms with van der Waals surface area (Å²) in [5.41, 5.74) is 3.60. The summed E-state index contributed by atoms with van der Waals surface area (Å²) in [4.78, 5) is 10.8. The van der Waals surface area contributed by atoms with Gasteiger partial charge in [0.25, 0.3) is 0 Å². The third-order valence-electron chi connectivity index (χ3n) is 3.24. The van der Waals surface area contributed by atoms with Gasteiger partial charge in [-0.2, -0.15) is 4.98 Å². The van der Waals surface area contributed by atoms with Crippen LogP contribution < -0.4 is 16.2 Å². The van der Waals surface area contributed by atoms with E-state index in [1.807, 2.05) is 13.1 Å². The minimum atomic E-state index is 0.487. The first-order valence-corrected chi connectivity index (χ1v) is 5.79. The fourth-order valence-corrected chi connectivity index (χ4v) is 2.18. The molecular weight excluding hydrogens is 202 g/mol. The molecule has 0 aliphatic carbocycles. The first kappa shape index (κ1) is 11.1. The third-order valence-corrected chi connectivity index (χ3v) is 3.24. The Morgan fingerprint density at radius 2 is 2.44 bits per heavy atom. The molecule has 2 rings (SSSR count). The van der Waals surface area contributed by atoms with E-state index in [-0.39, 0.29) is 0 Å². The Labute approximate surface area is 96.0 Å². The van der Waals surface area contributed by atoms with Gasteiger partial charge in [-0.05, 0) is 19.3 Å². The minimum absolute atomic E-state index is 0.487. The monoisotopic (exact) mass is 221 g/mol. The summed E-state index contributed by atoms with van der Waals surface area (Å²) in [5.74, 6) is 7.62. The zero-order valence-corrected chi connectivity index (χ0v) is 9.90. The van der Waals surface area contributed by atoms with E-state index in [1.54, 1.807) is 0 Å². The van der Waals surface area contributed by atoms with Crippen molar-refractivity contribution >= 4 is 11.8 Å². The Morgan fingerprint density at radius 3 is 3.06 bits per heavy atom. The fourth-order valence-electron chi connectivity index (χ4n) is 2.18. The van der Waals surface area contributed by atoms with Crippen LogP contribution in [-0.4, -0.2) is 23.1 Å². The molecule has 88 valence electrons. The topological polar surface area (TPSA) is 67.1 Å². The van der Waals surface area contributed by atoms with Crippen molar-refractivity contribution in [1.82, 2.24) is 9.97 Å². The van der Waals surface area contributed by atoms with E-state index in [1.165, 1.54) is 12.8 Å². The third kappa shape index (κ3) is 2.09. The van der Waals surface area contributed by atoms with E-state index >= 15 is 0 Å². The van der Waals surface area contributed by atoms with Gasteiger partial charge >= 0.3 is 0 Å². The van der Waals surface area contributed by atoms with E-state index in [4.69, 9.17) is 5.84 Å². The van der Waals surface area contributed by atoms with Crippen molar-refractivity contribution in [3.63, 3.8) is 0 Å². The van der Waals surface area contributed by atoms with Gasteiger partial charge in [0.2, 0.25) is 5.95 Å². The number of aryl methyl sites for hydroxylation is 1. The molecular formula is C11H19N5. The van der Waals surface area contributed by atoms with Gasteiger partial charge < -0.3 is 4.90 Å². The Hall–Kier alpha value is -1.36. The van der Waals surface area contributed by atoms with Crippen LogP contribution in [0.2, 0.25) is 0 Å². The SMILES string of the molecule is CCC1CCN(c2nc(NN)ncc2C)C1. The molecule has 16 heavy (non-hydrogen) atoms. The van der Waals surface area contributed by atoms with Crippen LogP contribution in [0.4, 0.5) is 11.8 Å². The Morgan fingerprint density at radius 1 is 1.62 bits per heavy atom. The summed E-state index contributed by atoms with van der Waals surface area (Å²) in [5, 5.41) is 0. The summed E-state index contributed by atoms with van der Waals surface area (Å²) >= 11 is 0. The summed E-state index contributed by atoms with van der Waals surface area (Å²) in [6.45, 7) is 6.46. The van der Waals surface area contributed by atoms with Crippen molar-refractivity contribution in [3.8, 4) is 0 Å². The van der Waals surface area contributed by atoms with Crippen LogP contribution in [0.3, 0.4) is 0 Å². The highest BCUT2D eigenvalue weighted by Crippen LogP contribution is 2.26. The van der Waals surface area contributed by atoms with Crippen molar-refractivity contribution in [2.45, 2.75) is 26.7 Å². The maximum atomic E-state index is 5.33. The number of nitrogen functional groups attached to an aromatic ring is 1. The summed E-state index contributed by atoms with van der Waals surface area (Å²) in [7, 11) is 0. The van der Waals surface area contributed by atoms with Crippen LogP contribution in [0.25, 0.3) is 0 Å². The molecule has 0 saturated carbocycles. The molecule has 2 heterocycles. The van der Waals surface area contributed by atoms with Crippen LogP contribution in [-0.2, 0) is 0 Å². The largest absolute Gasteiger partial charge is 0.356 e. The molecule has 1 aromatic rings. The minimum Gasteiger partial charge on any atom is -0.356 e. The summed E-state index contributed by atoms with van der Waals surface area (Å²) in [6.07, 6.45) is 4.31. The number of hydrogen-bond acceptors (Lipinski definition) is 5. The highest BCUT2D eigenvalue weighted by atomic mass is 15.3. The molecule has 5 nitrogen and oxygen atoms in total. The quantitative estimate of drug-likeness (QED) is 0.595. The molecule has 5 heteroatoms. The van der Waals surface area contributed by atoms with Crippen LogP contribution in [0.1, 0.15) is 25.3 Å². The second-order valence-corrected chi connectivity index (χ2v) is 4.35. The van der Waals surface area contributed by atoms with Gasteiger partial charge in [0.1, 0.15) is 5.82 Å². The number of hydrazine groups is 1. The molecule has 0 bridgehead atoms. The molecule has 0 amide bonds. The Bertz CT molecular complexity index is 365. The lowest BCUT2D eigenvalue weighted by atomic mass is 10.1. The predicted molar refractivity (Wildman–Crippen MR) is 65.2 cm³/mol. The fraction of sp³-hybridized carbons (Fsp3) is 0.636. The highest BCUT2D eigenvalue weighted by molar-refractivity contribution is 5.49. The lowest BCUT2D eigenvalue weighted by Gasteiger charge is -2.19. The molecule has 1 aliphatic rings. The molecule has 0 aromatic carbocycles. The Kier molecular flexibility index (Phi) is 3.24. The predicted octanol–water partition coefficient (Wildman–Crippen LogP) is 1.31. The normalized spacial score (nSPS) is 20.2. The standard InChI is InChI=1S/C11H19N5/c1-3-9-4-5-16(7-9)10-8(2)6-13-11(14-10)15-12/h6,9H,3-5,7,12H2,1-2H3,(H,13,14,15). The lowest BCUT2D eigenvalue weighted by molar-refractivity contribution is 0.568. The number of nitrogens with zero attached hydrogens (tertiary/aromatic N) is 3. The van der Waals surface area contributed by atoms with Gasteiger partial charge in [0, 0.05) is 24.8 Å². The second-order valence-electron chi connectivity index (χ2n) is 4.35. The maximum Gasteiger partial charge on any atom is 0.239 e. The summed E-state index contributed by atoms with van der Waals surface area (Å²) in [6, 6.07) is 0. The molecule has 1 fully saturated rings. The average Bonchev–Trinajstić information content (AvgIpc) is 2.78. The van der Waals surface area contributed by atoms with E-state index < -0.39 is 0 Å². The summed E-state index contributed by atoms with van der Waals surface area (Å²) < 4.78 is 0. The van der Waals surface area contributed by atoms with Crippen molar-refractivity contribution in [1.29, 1.82) is 0 Å². The number of hydrogen-bond donors (Lipinski definition) is 2. The van der Waals surface area contributed by atoms with Gasteiger partial charge in [-0.3, -0.25) is 5.43 Å². The van der Waals surface area contributed by atoms with E-state index in [0.29, 0.717) is 5.95 Å².